The molecule has 1 aromatic heterocycles. The van der Waals surface area contributed by atoms with E-state index < -0.39 is 0 Å². The first-order valence-electron chi connectivity index (χ1n) is 9.20. The van der Waals surface area contributed by atoms with E-state index in [4.69, 9.17) is 4.74 Å². The van der Waals surface area contributed by atoms with Gasteiger partial charge in [-0.3, -0.25) is 9.69 Å². The standard InChI is InChI=1S/C20H25N3O2S/c1-14-19(26-13-21-14)20(24)23-11-16-3-6-17(23)12-22(10-16)9-15-4-7-18(25-2)8-5-15/h4-5,7-8,13,16-17H,3,6,9-12H2,1-2H3/t16-,17+/m0/s1. The van der Waals surface area contributed by atoms with E-state index in [-0.39, 0.29) is 5.91 Å². The highest BCUT2D eigenvalue weighted by Crippen LogP contribution is 2.31. The molecule has 0 N–H and O–H groups in total. The van der Waals surface area contributed by atoms with Crippen LogP contribution in [0, 0.1) is 12.8 Å². The topological polar surface area (TPSA) is 45.7 Å². The van der Waals surface area contributed by atoms with E-state index in [2.05, 4.69) is 26.9 Å². The minimum Gasteiger partial charge on any atom is -0.497 e. The fourth-order valence-corrected chi connectivity index (χ4v) is 4.94. The maximum absolute atomic E-state index is 13.0. The zero-order valence-corrected chi connectivity index (χ0v) is 16.2. The smallest absolute Gasteiger partial charge is 0.266 e. The molecule has 2 aromatic rings. The summed E-state index contributed by atoms with van der Waals surface area (Å²) in [5, 5.41) is 0. The normalized spacial score (nSPS) is 23.1. The predicted octanol–water partition coefficient (Wildman–Crippen LogP) is 3.20. The molecule has 1 aromatic carbocycles. The first-order chi connectivity index (χ1) is 12.6. The summed E-state index contributed by atoms with van der Waals surface area (Å²) in [6, 6.07) is 8.61. The highest BCUT2D eigenvalue weighted by molar-refractivity contribution is 7.11. The van der Waals surface area contributed by atoms with E-state index in [9.17, 15) is 4.79 Å². The molecular formula is C20H25N3O2S. The number of hydrogen-bond acceptors (Lipinski definition) is 5. The van der Waals surface area contributed by atoms with Gasteiger partial charge in [-0.1, -0.05) is 12.1 Å². The molecule has 138 valence electrons. The third kappa shape index (κ3) is 3.48. The third-order valence-corrected chi connectivity index (χ3v) is 6.47. The van der Waals surface area contributed by atoms with Gasteiger partial charge in [0.25, 0.3) is 5.91 Å². The number of nitrogens with zero attached hydrogens (tertiary/aromatic N) is 3. The summed E-state index contributed by atoms with van der Waals surface area (Å²) in [5.74, 6) is 1.62. The monoisotopic (exact) mass is 371 g/mol. The molecular weight excluding hydrogens is 346 g/mol. The van der Waals surface area contributed by atoms with Gasteiger partial charge in [0.15, 0.2) is 0 Å². The molecule has 0 saturated carbocycles. The first kappa shape index (κ1) is 17.5. The molecule has 2 atom stereocenters. The maximum Gasteiger partial charge on any atom is 0.266 e. The minimum absolute atomic E-state index is 0.172. The fourth-order valence-electron chi connectivity index (χ4n) is 4.18. The Morgan fingerprint density at radius 1 is 1.23 bits per heavy atom. The Labute approximate surface area is 158 Å². The molecule has 6 heteroatoms. The van der Waals surface area contributed by atoms with Crippen molar-refractivity contribution in [3.8, 4) is 5.75 Å². The average Bonchev–Trinajstić information content (AvgIpc) is 2.89. The van der Waals surface area contributed by atoms with Gasteiger partial charge < -0.3 is 9.64 Å². The number of methoxy groups -OCH3 is 1. The zero-order valence-electron chi connectivity index (χ0n) is 15.4. The van der Waals surface area contributed by atoms with Crippen LogP contribution in [-0.2, 0) is 6.54 Å². The van der Waals surface area contributed by atoms with Crippen molar-refractivity contribution < 1.29 is 9.53 Å². The summed E-state index contributed by atoms with van der Waals surface area (Å²) in [6.07, 6.45) is 2.32. The molecule has 1 amide bonds. The van der Waals surface area contributed by atoms with Crippen LogP contribution in [0.2, 0.25) is 0 Å². The summed E-state index contributed by atoms with van der Waals surface area (Å²) in [6.45, 7) is 5.74. The van der Waals surface area contributed by atoms with Gasteiger partial charge in [-0.15, -0.1) is 11.3 Å². The maximum atomic E-state index is 13.0. The number of benzene rings is 1. The second-order valence-electron chi connectivity index (χ2n) is 7.36. The van der Waals surface area contributed by atoms with Gasteiger partial charge in [0.05, 0.1) is 18.3 Å². The van der Waals surface area contributed by atoms with Gasteiger partial charge in [0.1, 0.15) is 10.6 Å². The van der Waals surface area contributed by atoms with Crippen molar-refractivity contribution in [1.82, 2.24) is 14.8 Å². The summed E-state index contributed by atoms with van der Waals surface area (Å²) in [5.41, 5.74) is 3.92. The van der Waals surface area contributed by atoms with Crippen molar-refractivity contribution in [2.24, 2.45) is 5.92 Å². The van der Waals surface area contributed by atoms with E-state index in [0.717, 1.165) is 48.9 Å². The Kier molecular flexibility index (Phi) is 4.96. The van der Waals surface area contributed by atoms with Gasteiger partial charge in [-0.05, 0) is 43.4 Å². The SMILES string of the molecule is COc1ccc(CN2C[C@@H]3CC[C@H](C2)N(C(=O)c2scnc2C)C3)cc1. The highest BCUT2D eigenvalue weighted by atomic mass is 32.1. The number of ether oxygens (including phenoxy) is 1. The lowest BCUT2D eigenvalue weighted by molar-refractivity contribution is 0.0589. The van der Waals surface area contributed by atoms with Crippen LogP contribution in [-0.4, -0.2) is 53.5 Å². The molecule has 0 aliphatic carbocycles. The highest BCUT2D eigenvalue weighted by Gasteiger charge is 2.38. The van der Waals surface area contributed by atoms with E-state index >= 15 is 0 Å². The Morgan fingerprint density at radius 3 is 2.73 bits per heavy atom. The van der Waals surface area contributed by atoms with Crippen molar-refractivity contribution in [2.45, 2.75) is 32.4 Å². The minimum atomic E-state index is 0.172. The Balaban J connectivity index is 1.47. The fraction of sp³-hybridized carbons (Fsp3) is 0.500. The van der Waals surface area contributed by atoms with Crippen molar-refractivity contribution >= 4 is 17.2 Å². The largest absolute Gasteiger partial charge is 0.497 e. The molecule has 26 heavy (non-hydrogen) atoms. The van der Waals surface area contributed by atoms with Crippen LogP contribution in [0.4, 0.5) is 0 Å². The molecule has 0 radical (unpaired) electrons. The van der Waals surface area contributed by atoms with Crippen LogP contribution >= 0.6 is 11.3 Å². The quantitative estimate of drug-likeness (QED) is 0.828. The number of piperidine rings is 1. The van der Waals surface area contributed by atoms with Crippen LogP contribution in [0.3, 0.4) is 0 Å². The second-order valence-corrected chi connectivity index (χ2v) is 8.22. The van der Waals surface area contributed by atoms with E-state index in [1.807, 2.05) is 19.1 Å². The van der Waals surface area contributed by atoms with Crippen molar-refractivity contribution in [3.63, 3.8) is 0 Å². The number of carbonyl (C=O) groups is 1. The Bertz CT molecular complexity index is 774. The number of carbonyl (C=O) groups excluding carboxylic acids is 1. The lowest BCUT2D eigenvalue weighted by Crippen LogP contribution is -2.47. The number of thiazole rings is 1. The third-order valence-electron chi connectivity index (χ3n) is 5.56. The number of rotatable bonds is 4. The van der Waals surface area contributed by atoms with Crippen LogP contribution < -0.4 is 4.74 Å². The molecule has 0 spiro atoms. The van der Waals surface area contributed by atoms with Gasteiger partial charge in [0.2, 0.25) is 0 Å². The average molecular weight is 372 g/mol. The van der Waals surface area contributed by atoms with Crippen molar-refractivity contribution in [2.75, 3.05) is 26.7 Å². The molecule has 3 aliphatic rings. The molecule has 5 nitrogen and oxygen atoms in total. The number of aryl methyl sites for hydroxylation is 1. The van der Waals surface area contributed by atoms with E-state index in [1.165, 1.54) is 23.3 Å². The Morgan fingerprint density at radius 2 is 2.04 bits per heavy atom. The van der Waals surface area contributed by atoms with E-state index in [1.54, 1.807) is 12.6 Å². The molecule has 3 fully saturated rings. The number of fused-ring (bicyclic) bond motifs is 4. The molecule has 0 unspecified atom stereocenters. The molecule has 3 aliphatic heterocycles. The predicted molar refractivity (Wildman–Crippen MR) is 103 cm³/mol. The van der Waals surface area contributed by atoms with Crippen molar-refractivity contribution in [3.05, 3.63) is 45.9 Å². The second kappa shape index (κ2) is 7.37. The first-order valence-corrected chi connectivity index (χ1v) is 10.1. The molecule has 4 heterocycles. The zero-order chi connectivity index (χ0) is 18.1. The number of hydrogen-bond donors (Lipinski definition) is 0. The number of amides is 1. The molecule has 5 rings (SSSR count). The lowest BCUT2D eigenvalue weighted by atomic mass is 9.95. The van der Waals surface area contributed by atoms with Gasteiger partial charge in [-0.2, -0.15) is 0 Å². The summed E-state index contributed by atoms with van der Waals surface area (Å²) in [7, 11) is 1.69. The van der Waals surface area contributed by atoms with Gasteiger partial charge in [0, 0.05) is 32.2 Å². The molecule has 3 saturated heterocycles. The van der Waals surface area contributed by atoms with E-state index in [0.29, 0.717) is 12.0 Å². The Hall–Kier alpha value is -1.92. The van der Waals surface area contributed by atoms with Crippen LogP contribution in [0.25, 0.3) is 0 Å². The van der Waals surface area contributed by atoms with Gasteiger partial charge >= 0.3 is 0 Å². The number of aromatic nitrogens is 1. The lowest BCUT2D eigenvalue weighted by Gasteiger charge is -2.36. The summed E-state index contributed by atoms with van der Waals surface area (Å²) in [4.78, 5) is 22.7. The van der Waals surface area contributed by atoms with Crippen LogP contribution in [0.15, 0.2) is 29.8 Å². The molecule has 2 bridgehead atoms. The summed E-state index contributed by atoms with van der Waals surface area (Å²) >= 11 is 1.46. The van der Waals surface area contributed by atoms with Crippen LogP contribution in [0.5, 0.6) is 5.75 Å². The van der Waals surface area contributed by atoms with Crippen LogP contribution in [0.1, 0.15) is 33.8 Å². The van der Waals surface area contributed by atoms with Crippen molar-refractivity contribution in [1.29, 1.82) is 0 Å². The van der Waals surface area contributed by atoms with Gasteiger partial charge in [-0.25, -0.2) is 4.98 Å². The summed E-state index contributed by atoms with van der Waals surface area (Å²) < 4.78 is 5.25.